The zero-order valence-corrected chi connectivity index (χ0v) is 14.8. The molecule has 1 amide bonds. The monoisotopic (exact) mass is 383 g/mol. The molecule has 6 nitrogen and oxygen atoms in total. The van der Waals surface area contributed by atoms with Crippen LogP contribution in [0.5, 0.6) is 0 Å². The van der Waals surface area contributed by atoms with Crippen LogP contribution < -0.4 is 5.32 Å². The van der Waals surface area contributed by atoms with Gasteiger partial charge in [-0.25, -0.2) is 9.18 Å². The minimum Gasteiger partial charge on any atom is -0.480 e. The highest BCUT2D eigenvalue weighted by atomic mass is 19.1. The molecule has 0 bridgehead atoms. The average molecular weight is 383 g/mol. The first-order valence-corrected chi connectivity index (χ1v) is 8.53. The van der Waals surface area contributed by atoms with E-state index in [2.05, 4.69) is 5.32 Å². The highest BCUT2D eigenvalue weighted by Gasteiger charge is 2.23. The number of carbonyl (C=O) groups excluding carboxylic acids is 1. The Balaban J connectivity index is 1.59. The van der Waals surface area contributed by atoms with Gasteiger partial charge in [0, 0.05) is 5.56 Å². The van der Waals surface area contributed by atoms with E-state index in [0.29, 0.717) is 11.1 Å². The fourth-order valence-electron chi connectivity index (χ4n) is 2.52. The van der Waals surface area contributed by atoms with Crippen LogP contribution in [-0.4, -0.2) is 29.6 Å². The average Bonchev–Trinajstić information content (AvgIpc) is 3.19. The van der Waals surface area contributed by atoms with Crippen LogP contribution >= 0.6 is 0 Å². The van der Waals surface area contributed by atoms with Gasteiger partial charge in [-0.2, -0.15) is 0 Å². The van der Waals surface area contributed by atoms with E-state index >= 15 is 0 Å². The first kappa shape index (κ1) is 19.3. The van der Waals surface area contributed by atoms with Crippen LogP contribution in [0.25, 0.3) is 11.1 Å². The van der Waals surface area contributed by atoms with E-state index in [1.54, 1.807) is 12.1 Å². The molecule has 1 atom stereocenters. The smallest absolute Gasteiger partial charge is 0.328 e. The number of halogens is 1. The number of benzene rings is 2. The third-order valence-electron chi connectivity index (χ3n) is 4.00. The SMILES string of the molecule is O=C(N[C@@H](COCc1ccccc1)C(=O)O)c1cc(-c2ccc(F)cc2)co1. The summed E-state index contributed by atoms with van der Waals surface area (Å²) in [6.45, 7) is 0.0391. The number of hydrogen-bond acceptors (Lipinski definition) is 4. The largest absolute Gasteiger partial charge is 0.480 e. The second-order valence-electron chi connectivity index (χ2n) is 6.07. The van der Waals surface area contributed by atoms with E-state index in [1.165, 1.54) is 24.5 Å². The first-order valence-electron chi connectivity index (χ1n) is 8.53. The molecule has 144 valence electrons. The molecule has 3 rings (SSSR count). The predicted octanol–water partition coefficient (Wildman–Crippen LogP) is 3.49. The minimum absolute atomic E-state index is 0.0476. The molecule has 0 spiro atoms. The molecular formula is C21H18FNO5. The normalized spacial score (nSPS) is 11.8. The quantitative estimate of drug-likeness (QED) is 0.622. The lowest BCUT2D eigenvalue weighted by atomic mass is 10.1. The van der Waals surface area contributed by atoms with Crippen LogP contribution in [0, 0.1) is 5.82 Å². The topological polar surface area (TPSA) is 88.8 Å². The molecule has 0 saturated heterocycles. The zero-order valence-electron chi connectivity index (χ0n) is 14.8. The maximum absolute atomic E-state index is 13.0. The molecule has 1 heterocycles. The van der Waals surface area contributed by atoms with Crippen molar-refractivity contribution in [3.05, 3.63) is 84.1 Å². The molecule has 2 aromatic carbocycles. The summed E-state index contributed by atoms with van der Waals surface area (Å²) >= 11 is 0. The van der Waals surface area contributed by atoms with Crippen LogP contribution in [0.4, 0.5) is 4.39 Å². The molecule has 1 aromatic heterocycles. The Labute approximate surface area is 160 Å². The summed E-state index contributed by atoms with van der Waals surface area (Å²) in [4.78, 5) is 23.7. The van der Waals surface area contributed by atoms with Crippen molar-refractivity contribution in [1.82, 2.24) is 5.32 Å². The van der Waals surface area contributed by atoms with Gasteiger partial charge in [0.1, 0.15) is 5.82 Å². The fourth-order valence-corrected chi connectivity index (χ4v) is 2.52. The predicted molar refractivity (Wildman–Crippen MR) is 99.1 cm³/mol. The molecule has 0 radical (unpaired) electrons. The number of aliphatic carboxylic acids is 1. The van der Waals surface area contributed by atoms with E-state index in [-0.39, 0.29) is 24.8 Å². The van der Waals surface area contributed by atoms with Crippen LogP contribution in [0.2, 0.25) is 0 Å². The standard InChI is InChI=1S/C21H18FNO5/c22-17-8-6-15(7-9-17)16-10-19(28-12-16)20(24)23-18(21(25)26)13-27-11-14-4-2-1-3-5-14/h1-10,12,18H,11,13H2,(H,23,24)(H,25,26)/t18-/m0/s1. The van der Waals surface area contributed by atoms with Crippen molar-refractivity contribution >= 4 is 11.9 Å². The third-order valence-corrected chi connectivity index (χ3v) is 4.00. The summed E-state index contributed by atoms with van der Waals surface area (Å²) in [7, 11) is 0. The van der Waals surface area contributed by atoms with E-state index in [4.69, 9.17) is 9.15 Å². The van der Waals surface area contributed by atoms with E-state index in [1.807, 2.05) is 30.3 Å². The maximum Gasteiger partial charge on any atom is 0.328 e. The minimum atomic E-state index is -1.23. The van der Waals surface area contributed by atoms with Crippen molar-refractivity contribution in [1.29, 1.82) is 0 Å². The van der Waals surface area contributed by atoms with E-state index in [0.717, 1.165) is 5.56 Å². The molecule has 0 saturated carbocycles. The highest BCUT2D eigenvalue weighted by molar-refractivity contribution is 5.95. The number of carboxylic acid groups (broad SMARTS) is 1. The first-order chi connectivity index (χ1) is 13.5. The third kappa shape index (κ3) is 5.05. The maximum atomic E-state index is 13.0. The number of rotatable bonds is 8. The van der Waals surface area contributed by atoms with Gasteiger partial charge in [0.05, 0.1) is 19.5 Å². The fraction of sp³-hybridized carbons (Fsp3) is 0.143. The van der Waals surface area contributed by atoms with E-state index < -0.39 is 17.9 Å². The Morgan fingerprint density at radius 3 is 2.46 bits per heavy atom. The summed E-state index contributed by atoms with van der Waals surface area (Å²) < 4.78 is 23.6. The van der Waals surface area contributed by atoms with Crippen molar-refractivity contribution in [3.8, 4) is 11.1 Å². The summed E-state index contributed by atoms with van der Waals surface area (Å²) in [5.41, 5.74) is 2.15. The molecule has 0 unspecified atom stereocenters. The number of hydrogen-bond donors (Lipinski definition) is 2. The number of carboxylic acids is 1. The summed E-state index contributed by atoms with van der Waals surface area (Å²) in [6.07, 6.45) is 1.35. The van der Waals surface area contributed by atoms with Crippen molar-refractivity contribution in [2.75, 3.05) is 6.61 Å². The lowest BCUT2D eigenvalue weighted by Crippen LogP contribution is -2.43. The molecule has 28 heavy (non-hydrogen) atoms. The number of ether oxygens (including phenoxy) is 1. The van der Waals surface area contributed by atoms with Crippen LogP contribution in [-0.2, 0) is 16.1 Å². The van der Waals surface area contributed by atoms with Crippen molar-refractivity contribution < 1.29 is 28.2 Å². The molecule has 2 N–H and O–H groups in total. The lowest BCUT2D eigenvalue weighted by Gasteiger charge is -2.14. The number of nitrogens with one attached hydrogen (secondary N) is 1. The van der Waals surface area contributed by atoms with Crippen LogP contribution in [0.1, 0.15) is 16.1 Å². The van der Waals surface area contributed by atoms with Gasteiger partial charge in [-0.15, -0.1) is 0 Å². The number of amides is 1. The van der Waals surface area contributed by atoms with Gasteiger partial charge in [-0.1, -0.05) is 42.5 Å². The number of furan rings is 1. The van der Waals surface area contributed by atoms with Gasteiger partial charge in [0.15, 0.2) is 11.8 Å². The summed E-state index contributed by atoms with van der Waals surface area (Å²) in [5, 5.41) is 11.7. The van der Waals surface area contributed by atoms with Gasteiger partial charge < -0.3 is 19.6 Å². The Kier molecular flexibility index (Phi) is 6.18. The Bertz CT molecular complexity index is 937. The summed E-state index contributed by atoms with van der Waals surface area (Å²) in [5.74, 6) is -2.31. The lowest BCUT2D eigenvalue weighted by molar-refractivity contribution is -0.141. The van der Waals surface area contributed by atoms with Gasteiger partial charge >= 0.3 is 5.97 Å². The molecule has 0 fully saturated rings. The van der Waals surface area contributed by atoms with Gasteiger partial charge in [-0.3, -0.25) is 4.79 Å². The zero-order chi connectivity index (χ0) is 19.9. The molecular weight excluding hydrogens is 365 g/mol. The molecule has 0 aliphatic heterocycles. The van der Waals surface area contributed by atoms with Gasteiger partial charge in [-0.05, 0) is 29.3 Å². The Morgan fingerprint density at radius 2 is 1.79 bits per heavy atom. The van der Waals surface area contributed by atoms with Gasteiger partial charge in [0.25, 0.3) is 5.91 Å². The molecule has 7 heteroatoms. The summed E-state index contributed by atoms with van der Waals surface area (Å²) in [6, 6.07) is 15.2. The second kappa shape index (κ2) is 8.96. The Hall–Kier alpha value is -3.45. The highest BCUT2D eigenvalue weighted by Crippen LogP contribution is 2.22. The molecule has 0 aliphatic rings. The molecule has 3 aromatic rings. The van der Waals surface area contributed by atoms with Crippen LogP contribution in [0.3, 0.4) is 0 Å². The van der Waals surface area contributed by atoms with Gasteiger partial charge in [0.2, 0.25) is 0 Å². The van der Waals surface area contributed by atoms with Crippen molar-refractivity contribution in [2.45, 2.75) is 12.6 Å². The Morgan fingerprint density at radius 1 is 1.07 bits per heavy atom. The van der Waals surface area contributed by atoms with Crippen LogP contribution in [0.15, 0.2) is 71.3 Å². The second-order valence-corrected chi connectivity index (χ2v) is 6.07. The molecule has 0 aliphatic carbocycles. The van der Waals surface area contributed by atoms with Crippen molar-refractivity contribution in [3.63, 3.8) is 0 Å². The number of carbonyl (C=O) groups is 2. The van der Waals surface area contributed by atoms with E-state index in [9.17, 15) is 19.1 Å². The van der Waals surface area contributed by atoms with Crippen molar-refractivity contribution in [2.24, 2.45) is 0 Å².